The Morgan fingerprint density at radius 3 is 2.60 bits per heavy atom. The third-order valence-corrected chi connectivity index (χ3v) is 3.42. The number of rotatable bonds is 3. The fourth-order valence-electron chi connectivity index (χ4n) is 1.73. The third-order valence-electron chi connectivity index (χ3n) is 2.81. The van der Waals surface area contributed by atoms with Gasteiger partial charge in [0.05, 0.1) is 4.47 Å². The number of aromatic nitrogens is 2. The van der Waals surface area contributed by atoms with Crippen LogP contribution < -0.4 is 11.1 Å². The molecule has 0 amide bonds. The number of nitrogens with two attached hydrogens (primary N) is 1. The van der Waals surface area contributed by atoms with Gasteiger partial charge in [0.2, 0.25) is 0 Å². The molecule has 0 saturated heterocycles. The summed E-state index contributed by atoms with van der Waals surface area (Å²) in [5, 5.41) is 3.15. The van der Waals surface area contributed by atoms with Gasteiger partial charge in [-0.2, -0.15) is 0 Å². The van der Waals surface area contributed by atoms with Crippen LogP contribution in [0.2, 0.25) is 0 Å². The van der Waals surface area contributed by atoms with E-state index in [2.05, 4.69) is 31.2 Å². The highest BCUT2D eigenvalue weighted by Crippen LogP contribution is 2.27. The van der Waals surface area contributed by atoms with E-state index in [0.29, 0.717) is 21.9 Å². The standard InChI is InChI=1S/C14H16BrFN4/c1-7(2)14-19-12(17)6-13(20-14)18-11-5-9(15)10(16)4-8(11)3/h4-7H,1-3H3,(H3,17,18,19,20). The van der Waals surface area contributed by atoms with E-state index >= 15 is 0 Å². The van der Waals surface area contributed by atoms with E-state index in [1.54, 1.807) is 12.1 Å². The normalized spacial score (nSPS) is 10.9. The summed E-state index contributed by atoms with van der Waals surface area (Å²) < 4.78 is 13.8. The van der Waals surface area contributed by atoms with Crippen molar-refractivity contribution in [1.82, 2.24) is 9.97 Å². The Bertz CT molecular complexity index is 643. The highest BCUT2D eigenvalue weighted by Gasteiger charge is 2.09. The number of anilines is 3. The van der Waals surface area contributed by atoms with Crippen molar-refractivity contribution in [1.29, 1.82) is 0 Å². The van der Waals surface area contributed by atoms with Gasteiger partial charge < -0.3 is 11.1 Å². The number of hydrogen-bond donors (Lipinski definition) is 2. The predicted octanol–water partition coefficient (Wildman–Crippen LogP) is 4.14. The smallest absolute Gasteiger partial charge is 0.137 e. The van der Waals surface area contributed by atoms with Gasteiger partial charge >= 0.3 is 0 Å². The molecule has 20 heavy (non-hydrogen) atoms. The molecule has 1 aromatic heterocycles. The number of halogens is 2. The van der Waals surface area contributed by atoms with Gasteiger partial charge in [0, 0.05) is 17.7 Å². The molecule has 0 fully saturated rings. The summed E-state index contributed by atoms with van der Waals surface area (Å²) >= 11 is 3.17. The van der Waals surface area contributed by atoms with Crippen molar-refractivity contribution in [3.63, 3.8) is 0 Å². The van der Waals surface area contributed by atoms with Crippen LogP contribution in [0.15, 0.2) is 22.7 Å². The molecule has 0 aliphatic heterocycles. The number of nitrogens with zero attached hydrogens (tertiary/aromatic N) is 2. The SMILES string of the molecule is Cc1cc(F)c(Br)cc1Nc1cc(N)nc(C(C)C)n1. The maximum Gasteiger partial charge on any atom is 0.137 e. The van der Waals surface area contributed by atoms with Crippen molar-refractivity contribution in [2.24, 2.45) is 0 Å². The zero-order chi connectivity index (χ0) is 14.9. The van der Waals surface area contributed by atoms with E-state index in [-0.39, 0.29) is 11.7 Å². The Balaban J connectivity index is 2.37. The van der Waals surface area contributed by atoms with Gasteiger partial charge in [-0.05, 0) is 40.5 Å². The largest absolute Gasteiger partial charge is 0.384 e. The van der Waals surface area contributed by atoms with E-state index in [1.165, 1.54) is 6.07 Å². The second kappa shape index (κ2) is 5.75. The first-order valence-electron chi connectivity index (χ1n) is 6.24. The molecule has 106 valence electrons. The van der Waals surface area contributed by atoms with Gasteiger partial charge in [0.15, 0.2) is 0 Å². The lowest BCUT2D eigenvalue weighted by Gasteiger charge is -2.12. The first kappa shape index (κ1) is 14.7. The lowest BCUT2D eigenvalue weighted by Crippen LogP contribution is -2.05. The number of nitrogens with one attached hydrogen (secondary N) is 1. The molecule has 0 spiro atoms. The summed E-state index contributed by atoms with van der Waals surface area (Å²) in [6.07, 6.45) is 0. The van der Waals surface area contributed by atoms with E-state index in [4.69, 9.17) is 5.73 Å². The van der Waals surface area contributed by atoms with Crippen LogP contribution in [0.25, 0.3) is 0 Å². The third kappa shape index (κ3) is 3.25. The zero-order valence-electron chi connectivity index (χ0n) is 11.5. The average Bonchev–Trinajstić information content (AvgIpc) is 2.35. The second-order valence-electron chi connectivity index (χ2n) is 4.90. The molecule has 0 atom stereocenters. The van der Waals surface area contributed by atoms with E-state index in [9.17, 15) is 4.39 Å². The van der Waals surface area contributed by atoms with Crippen LogP contribution in [-0.4, -0.2) is 9.97 Å². The van der Waals surface area contributed by atoms with Gasteiger partial charge in [-0.3, -0.25) is 0 Å². The number of benzene rings is 1. The topological polar surface area (TPSA) is 63.8 Å². The molecular weight excluding hydrogens is 323 g/mol. The van der Waals surface area contributed by atoms with Crippen LogP contribution in [0.3, 0.4) is 0 Å². The van der Waals surface area contributed by atoms with E-state index < -0.39 is 0 Å². The number of hydrogen-bond acceptors (Lipinski definition) is 4. The van der Waals surface area contributed by atoms with Gasteiger partial charge in [0.1, 0.15) is 23.3 Å². The first-order valence-corrected chi connectivity index (χ1v) is 7.03. The summed E-state index contributed by atoms with van der Waals surface area (Å²) in [6, 6.07) is 4.79. The number of nitrogen functional groups attached to an aromatic ring is 1. The number of aryl methyl sites for hydroxylation is 1. The molecule has 4 nitrogen and oxygen atoms in total. The molecule has 2 aromatic rings. The van der Waals surface area contributed by atoms with Crippen molar-refractivity contribution in [2.75, 3.05) is 11.1 Å². The zero-order valence-corrected chi connectivity index (χ0v) is 13.1. The van der Waals surface area contributed by atoms with Gasteiger partial charge in [-0.1, -0.05) is 13.8 Å². The molecule has 0 aliphatic carbocycles. The fourth-order valence-corrected chi connectivity index (χ4v) is 2.07. The predicted molar refractivity (Wildman–Crippen MR) is 82.7 cm³/mol. The first-order chi connectivity index (χ1) is 9.36. The van der Waals surface area contributed by atoms with Gasteiger partial charge in [-0.25, -0.2) is 14.4 Å². The Labute approximate surface area is 125 Å². The van der Waals surface area contributed by atoms with Crippen molar-refractivity contribution in [3.8, 4) is 0 Å². The summed E-state index contributed by atoms with van der Waals surface area (Å²) in [4.78, 5) is 8.60. The van der Waals surface area contributed by atoms with E-state index in [1.807, 2.05) is 20.8 Å². The van der Waals surface area contributed by atoms with Crippen LogP contribution in [-0.2, 0) is 0 Å². The second-order valence-corrected chi connectivity index (χ2v) is 5.75. The highest BCUT2D eigenvalue weighted by molar-refractivity contribution is 9.10. The monoisotopic (exact) mass is 338 g/mol. The molecule has 2 rings (SSSR count). The van der Waals surface area contributed by atoms with E-state index in [0.717, 1.165) is 11.3 Å². The van der Waals surface area contributed by atoms with Crippen molar-refractivity contribution in [2.45, 2.75) is 26.7 Å². The highest BCUT2D eigenvalue weighted by atomic mass is 79.9. The Morgan fingerprint density at radius 1 is 1.25 bits per heavy atom. The molecule has 3 N–H and O–H groups in total. The summed E-state index contributed by atoms with van der Waals surface area (Å²) in [7, 11) is 0. The molecule has 0 saturated carbocycles. The van der Waals surface area contributed by atoms with Crippen LogP contribution in [0.1, 0.15) is 31.2 Å². The summed E-state index contributed by atoms with van der Waals surface area (Å²) in [5.74, 6) is 1.57. The molecule has 1 heterocycles. The Kier molecular flexibility index (Phi) is 4.23. The van der Waals surface area contributed by atoms with Crippen LogP contribution in [0.4, 0.5) is 21.7 Å². The average molecular weight is 339 g/mol. The molecular formula is C14H16BrFN4. The lowest BCUT2D eigenvalue weighted by molar-refractivity contribution is 0.620. The fraction of sp³-hybridized carbons (Fsp3) is 0.286. The molecule has 6 heteroatoms. The maximum absolute atomic E-state index is 13.4. The summed E-state index contributed by atoms with van der Waals surface area (Å²) in [5.41, 5.74) is 7.34. The Hall–Kier alpha value is -1.69. The van der Waals surface area contributed by atoms with Gasteiger partial charge in [0.25, 0.3) is 0 Å². The quantitative estimate of drug-likeness (QED) is 0.882. The van der Waals surface area contributed by atoms with Crippen molar-refractivity contribution in [3.05, 3.63) is 39.9 Å². The van der Waals surface area contributed by atoms with Crippen LogP contribution >= 0.6 is 15.9 Å². The van der Waals surface area contributed by atoms with Crippen molar-refractivity contribution >= 4 is 33.3 Å². The minimum Gasteiger partial charge on any atom is -0.384 e. The molecule has 0 aliphatic rings. The summed E-state index contributed by atoms with van der Waals surface area (Å²) in [6.45, 7) is 5.82. The van der Waals surface area contributed by atoms with Crippen LogP contribution in [0, 0.1) is 12.7 Å². The molecule has 0 bridgehead atoms. The maximum atomic E-state index is 13.4. The molecule has 0 radical (unpaired) electrons. The lowest BCUT2D eigenvalue weighted by atomic mass is 10.2. The van der Waals surface area contributed by atoms with Gasteiger partial charge in [-0.15, -0.1) is 0 Å². The molecule has 1 aromatic carbocycles. The molecule has 0 unspecified atom stereocenters. The minimum absolute atomic E-state index is 0.181. The van der Waals surface area contributed by atoms with Crippen LogP contribution in [0.5, 0.6) is 0 Å². The minimum atomic E-state index is -0.293. The van der Waals surface area contributed by atoms with Crippen molar-refractivity contribution < 1.29 is 4.39 Å². The Morgan fingerprint density at radius 2 is 1.95 bits per heavy atom.